The van der Waals surface area contributed by atoms with Gasteiger partial charge in [0.2, 0.25) is 0 Å². The van der Waals surface area contributed by atoms with E-state index in [1.165, 1.54) is 22.4 Å². The minimum Gasteiger partial charge on any atom is -0.488 e. The van der Waals surface area contributed by atoms with Crippen molar-refractivity contribution in [3.05, 3.63) is 134 Å². The van der Waals surface area contributed by atoms with Crippen LogP contribution in [-0.2, 0) is 6.61 Å². The summed E-state index contributed by atoms with van der Waals surface area (Å²) in [6.45, 7) is 2.60. The molecule has 4 aromatic rings. The number of aliphatic imine (C=N–C) groups is 1. The Kier molecular flexibility index (Phi) is 7.10. The number of halogens is 2. The molecule has 0 unspecified atom stereocenters. The van der Waals surface area contributed by atoms with Gasteiger partial charge in [0.05, 0.1) is 11.7 Å². The first-order valence-electron chi connectivity index (χ1n) is 12.9. The van der Waals surface area contributed by atoms with E-state index in [2.05, 4.69) is 82.8 Å². The van der Waals surface area contributed by atoms with Crippen LogP contribution in [0.1, 0.15) is 46.2 Å². The number of aryl methyl sites for hydroxylation is 1. The summed E-state index contributed by atoms with van der Waals surface area (Å²) in [6.07, 6.45) is 7.68. The number of nitrogens with zero attached hydrogens (tertiary/aromatic N) is 1. The molecule has 3 atom stereocenters. The Morgan fingerprint density at radius 3 is 2.74 bits per heavy atom. The topological polar surface area (TPSA) is 33.6 Å². The normalized spacial score (nSPS) is 19.7. The van der Waals surface area contributed by atoms with Crippen LogP contribution < -0.4 is 10.1 Å². The standard InChI is InChI=1S/C33H28BrClN2O/c1-21-8-14-31-30(16-21)28-6-3-7-29(28)33(37-31)23-9-12-27(13-10-23)36-19-24-18-25(34)11-15-32(24)38-20-22-4-2-5-26(35)17-22/h2-6,8-19,28-29,33,37H,7,20H2,1H3/t28-,29-,33-/m1/s1. The van der Waals surface area contributed by atoms with Gasteiger partial charge in [0.25, 0.3) is 0 Å². The third-order valence-corrected chi connectivity index (χ3v) is 8.11. The Bertz CT molecular complexity index is 1530. The average Bonchev–Trinajstić information content (AvgIpc) is 3.42. The number of benzene rings is 4. The number of nitrogens with one attached hydrogen (secondary N) is 1. The van der Waals surface area contributed by atoms with Gasteiger partial charge in [0, 0.05) is 32.9 Å². The van der Waals surface area contributed by atoms with Gasteiger partial charge in [-0.25, -0.2) is 0 Å². The van der Waals surface area contributed by atoms with E-state index < -0.39 is 0 Å². The number of hydrogen-bond donors (Lipinski definition) is 1. The summed E-state index contributed by atoms with van der Waals surface area (Å²) in [4.78, 5) is 4.77. The fourth-order valence-electron chi connectivity index (χ4n) is 5.50. The van der Waals surface area contributed by atoms with E-state index in [1.54, 1.807) is 0 Å². The van der Waals surface area contributed by atoms with Gasteiger partial charge in [-0.3, -0.25) is 4.99 Å². The number of ether oxygens (including phenoxy) is 1. The van der Waals surface area contributed by atoms with Crippen molar-refractivity contribution in [3.63, 3.8) is 0 Å². The van der Waals surface area contributed by atoms with Crippen LogP contribution in [0.5, 0.6) is 5.75 Å². The fraction of sp³-hybridized carbons (Fsp3) is 0.182. The molecular weight excluding hydrogens is 556 g/mol. The number of anilines is 1. The van der Waals surface area contributed by atoms with Crippen molar-refractivity contribution in [1.29, 1.82) is 0 Å². The van der Waals surface area contributed by atoms with E-state index >= 15 is 0 Å². The van der Waals surface area contributed by atoms with Gasteiger partial charge in [0.1, 0.15) is 12.4 Å². The Morgan fingerprint density at radius 2 is 1.89 bits per heavy atom. The lowest BCUT2D eigenvalue weighted by Gasteiger charge is -2.37. The number of fused-ring (bicyclic) bond motifs is 3. The monoisotopic (exact) mass is 582 g/mol. The molecule has 190 valence electrons. The highest BCUT2D eigenvalue weighted by Gasteiger charge is 2.37. The molecule has 0 fully saturated rings. The quantitative estimate of drug-likeness (QED) is 0.181. The predicted molar refractivity (Wildman–Crippen MR) is 161 cm³/mol. The molecule has 1 N–H and O–H groups in total. The molecule has 0 saturated carbocycles. The highest BCUT2D eigenvalue weighted by molar-refractivity contribution is 9.10. The van der Waals surface area contributed by atoms with Gasteiger partial charge in [-0.15, -0.1) is 0 Å². The number of hydrogen-bond acceptors (Lipinski definition) is 3. The van der Waals surface area contributed by atoms with Crippen LogP contribution in [0.4, 0.5) is 11.4 Å². The van der Waals surface area contributed by atoms with E-state index in [0.29, 0.717) is 23.5 Å². The predicted octanol–water partition coefficient (Wildman–Crippen LogP) is 9.57. The molecule has 0 bridgehead atoms. The van der Waals surface area contributed by atoms with Crippen LogP contribution in [-0.4, -0.2) is 6.21 Å². The minimum absolute atomic E-state index is 0.278. The number of rotatable bonds is 6. The van der Waals surface area contributed by atoms with Crippen molar-refractivity contribution < 1.29 is 4.74 Å². The molecule has 5 heteroatoms. The van der Waals surface area contributed by atoms with E-state index in [1.807, 2.05) is 48.7 Å². The van der Waals surface area contributed by atoms with Crippen molar-refractivity contribution in [2.45, 2.75) is 31.9 Å². The first kappa shape index (κ1) is 25.0. The lowest BCUT2D eigenvalue weighted by molar-refractivity contribution is 0.306. The van der Waals surface area contributed by atoms with Gasteiger partial charge in [-0.2, -0.15) is 0 Å². The molecule has 0 saturated heterocycles. The fourth-order valence-corrected chi connectivity index (χ4v) is 6.09. The molecule has 1 aliphatic carbocycles. The van der Waals surface area contributed by atoms with Gasteiger partial charge in [0.15, 0.2) is 0 Å². The maximum absolute atomic E-state index is 6.12. The molecule has 38 heavy (non-hydrogen) atoms. The van der Waals surface area contributed by atoms with Crippen LogP contribution >= 0.6 is 27.5 Å². The van der Waals surface area contributed by atoms with Crippen LogP contribution in [0.3, 0.4) is 0 Å². The summed E-state index contributed by atoms with van der Waals surface area (Å²) in [6, 6.07) is 29.3. The highest BCUT2D eigenvalue weighted by Crippen LogP contribution is 2.50. The lowest BCUT2D eigenvalue weighted by atomic mass is 9.76. The van der Waals surface area contributed by atoms with E-state index in [9.17, 15) is 0 Å². The lowest BCUT2D eigenvalue weighted by Crippen LogP contribution is -2.29. The summed E-state index contributed by atoms with van der Waals surface area (Å²) in [5.74, 6) is 1.77. The largest absolute Gasteiger partial charge is 0.488 e. The molecule has 0 radical (unpaired) electrons. The minimum atomic E-state index is 0.278. The van der Waals surface area contributed by atoms with Crippen LogP contribution in [0, 0.1) is 12.8 Å². The van der Waals surface area contributed by atoms with Crippen LogP contribution in [0.2, 0.25) is 5.02 Å². The zero-order valence-electron chi connectivity index (χ0n) is 21.1. The van der Waals surface area contributed by atoms with Gasteiger partial charge in [-0.1, -0.05) is 81.6 Å². The molecule has 2 aliphatic rings. The van der Waals surface area contributed by atoms with Crippen molar-refractivity contribution in [2.24, 2.45) is 10.9 Å². The SMILES string of the molecule is Cc1ccc2c(c1)[C@@H]1C=CC[C@H]1[C@@H](c1ccc(N=Cc3cc(Br)ccc3OCc3cccc(Cl)c3)cc1)N2. The zero-order chi connectivity index (χ0) is 26.1. The highest BCUT2D eigenvalue weighted by atomic mass is 79.9. The Balaban J connectivity index is 1.19. The Morgan fingerprint density at radius 1 is 1.03 bits per heavy atom. The maximum atomic E-state index is 6.12. The Hall–Kier alpha value is -3.34. The van der Waals surface area contributed by atoms with E-state index in [0.717, 1.165) is 33.5 Å². The van der Waals surface area contributed by atoms with Gasteiger partial charge in [-0.05, 0) is 84.5 Å². The van der Waals surface area contributed by atoms with Crippen LogP contribution in [0.15, 0.2) is 107 Å². The molecule has 4 aromatic carbocycles. The second-order valence-electron chi connectivity index (χ2n) is 10.0. The molecule has 6 rings (SSSR count). The smallest absolute Gasteiger partial charge is 0.128 e. The summed E-state index contributed by atoms with van der Waals surface area (Å²) in [7, 11) is 0. The Labute approximate surface area is 237 Å². The third-order valence-electron chi connectivity index (χ3n) is 7.38. The van der Waals surface area contributed by atoms with E-state index in [-0.39, 0.29) is 6.04 Å². The molecule has 1 heterocycles. The molecular formula is C33H28BrClN2O. The van der Waals surface area contributed by atoms with Crippen molar-refractivity contribution in [2.75, 3.05) is 5.32 Å². The second-order valence-corrected chi connectivity index (χ2v) is 11.4. The molecule has 3 nitrogen and oxygen atoms in total. The van der Waals surface area contributed by atoms with Gasteiger partial charge >= 0.3 is 0 Å². The second kappa shape index (κ2) is 10.8. The first-order chi connectivity index (χ1) is 18.5. The van der Waals surface area contributed by atoms with Crippen LogP contribution in [0.25, 0.3) is 0 Å². The zero-order valence-corrected chi connectivity index (χ0v) is 23.4. The summed E-state index contributed by atoms with van der Waals surface area (Å²) < 4.78 is 7.09. The summed E-state index contributed by atoms with van der Waals surface area (Å²) in [5.41, 5.74) is 8.11. The third kappa shape index (κ3) is 5.29. The van der Waals surface area contributed by atoms with E-state index in [4.69, 9.17) is 21.3 Å². The van der Waals surface area contributed by atoms with Crippen molar-refractivity contribution >= 4 is 45.1 Å². The van der Waals surface area contributed by atoms with Crippen molar-refractivity contribution in [1.82, 2.24) is 0 Å². The first-order valence-corrected chi connectivity index (χ1v) is 14.1. The summed E-state index contributed by atoms with van der Waals surface area (Å²) in [5, 5.41) is 4.53. The summed E-state index contributed by atoms with van der Waals surface area (Å²) >= 11 is 9.69. The average molecular weight is 584 g/mol. The number of allylic oxidation sites excluding steroid dienone is 2. The molecule has 0 spiro atoms. The molecule has 1 aliphatic heterocycles. The molecule has 0 aromatic heterocycles. The van der Waals surface area contributed by atoms with Crippen molar-refractivity contribution in [3.8, 4) is 5.75 Å². The van der Waals surface area contributed by atoms with Gasteiger partial charge < -0.3 is 10.1 Å². The molecule has 0 amide bonds. The maximum Gasteiger partial charge on any atom is 0.128 e.